The van der Waals surface area contributed by atoms with Crippen LogP contribution in [0.15, 0.2) is 36.7 Å². The van der Waals surface area contributed by atoms with Crippen molar-refractivity contribution < 1.29 is 0 Å². The zero-order valence-electron chi connectivity index (χ0n) is 8.44. The van der Waals surface area contributed by atoms with Gasteiger partial charge >= 0.3 is 0 Å². The van der Waals surface area contributed by atoms with Gasteiger partial charge in [0.05, 0.1) is 5.69 Å². The van der Waals surface area contributed by atoms with E-state index in [1.54, 1.807) is 6.20 Å². The summed E-state index contributed by atoms with van der Waals surface area (Å²) < 4.78 is 1.91. The van der Waals surface area contributed by atoms with Gasteiger partial charge in [0.25, 0.3) is 0 Å². The minimum Gasteiger partial charge on any atom is -0.384 e. The Hall–Kier alpha value is -2.10. The predicted octanol–water partition coefficient (Wildman–Crippen LogP) is 1.46. The molecule has 0 atom stereocenters. The number of aromatic nitrogens is 2. The standard InChI is InChI=1S/C11H12N4/c1-8-14-6-7-15(8)10-5-3-2-4-9(10)11(12)13/h2-7H,1H3,(H3,12,13). The molecule has 0 radical (unpaired) electrons. The minimum absolute atomic E-state index is 0.0682. The number of benzene rings is 1. The van der Waals surface area contributed by atoms with Gasteiger partial charge in [0.1, 0.15) is 11.7 Å². The van der Waals surface area contributed by atoms with Gasteiger partial charge in [0.2, 0.25) is 0 Å². The van der Waals surface area contributed by atoms with Crippen LogP contribution in [0, 0.1) is 12.3 Å². The predicted molar refractivity (Wildman–Crippen MR) is 59.3 cm³/mol. The molecule has 2 rings (SSSR count). The molecule has 1 aromatic heterocycles. The second-order valence-corrected chi connectivity index (χ2v) is 3.28. The summed E-state index contributed by atoms with van der Waals surface area (Å²) in [7, 11) is 0. The van der Waals surface area contributed by atoms with Crippen molar-refractivity contribution in [2.45, 2.75) is 6.92 Å². The number of amidine groups is 1. The average molecular weight is 200 g/mol. The monoisotopic (exact) mass is 200 g/mol. The first-order valence-electron chi connectivity index (χ1n) is 4.64. The fourth-order valence-corrected chi connectivity index (χ4v) is 1.54. The third-order valence-electron chi connectivity index (χ3n) is 2.28. The van der Waals surface area contributed by atoms with E-state index >= 15 is 0 Å². The number of nitrogens with two attached hydrogens (primary N) is 1. The molecule has 0 amide bonds. The zero-order chi connectivity index (χ0) is 10.8. The van der Waals surface area contributed by atoms with E-state index in [2.05, 4.69) is 4.98 Å². The lowest BCUT2D eigenvalue weighted by atomic mass is 10.1. The quantitative estimate of drug-likeness (QED) is 0.569. The summed E-state index contributed by atoms with van der Waals surface area (Å²) in [5.41, 5.74) is 7.13. The molecular formula is C11H12N4. The SMILES string of the molecule is Cc1nccn1-c1ccccc1C(=N)N. The highest BCUT2D eigenvalue weighted by atomic mass is 15.1. The summed E-state index contributed by atoms with van der Waals surface area (Å²) in [4.78, 5) is 4.15. The molecule has 0 bridgehead atoms. The molecule has 0 unspecified atom stereocenters. The highest BCUT2D eigenvalue weighted by Gasteiger charge is 2.07. The van der Waals surface area contributed by atoms with Crippen molar-refractivity contribution in [3.8, 4) is 5.69 Å². The molecule has 0 fully saturated rings. The zero-order valence-corrected chi connectivity index (χ0v) is 8.44. The number of nitrogens with zero attached hydrogens (tertiary/aromatic N) is 2. The third-order valence-corrected chi connectivity index (χ3v) is 2.28. The summed E-state index contributed by atoms with van der Waals surface area (Å²) in [6.07, 6.45) is 3.59. The maximum absolute atomic E-state index is 7.49. The van der Waals surface area contributed by atoms with Crippen LogP contribution in [-0.4, -0.2) is 15.4 Å². The molecule has 1 aromatic carbocycles. The number of hydrogen-bond acceptors (Lipinski definition) is 2. The van der Waals surface area contributed by atoms with Gasteiger partial charge in [-0.3, -0.25) is 5.41 Å². The maximum atomic E-state index is 7.49. The number of rotatable bonds is 2. The van der Waals surface area contributed by atoms with Crippen LogP contribution < -0.4 is 5.73 Å². The molecule has 0 saturated carbocycles. The van der Waals surface area contributed by atoms with Gasteiger partial charge in [-0.25, -0.2) is 4.98 Å². The van der Waals surface area contributed by atoms with Gasteiger partial charge in [-0.2, -0.15) is 0 Å². The van der Waals surface area contributed by atoms with Crippen molar-refractivity contribution in [2.24, 2.45) is 5.73 Å². The first-order chi connectivity index (χ1) is 7.20. The molecule has 1 heterocycles. The van der Waals surface area contributed by atoms with Gasteiger partial charge in [-0.1, -0.05) is 12.1 Å². The molecule has 0 saturated heterocycles. The largest absolute Gasteiger partial charge is 0.384 e. The van der Waals surface area contributed by atoms with Gasteiger partial charge < -0.3 is 10.3 Å². The Morgan fingerprint density at radius 2 is 2.13 bits per heavy atom. The van der Waals surface area contributed by atoms with E-state index in [-0.39, 0.29) is 5.84 Å². The highest BCUT2D eigenvalue weighted by Crippen LogP contribution is 2.15. The molecule has 3 N–H and O–H groups in total. The van der Waals surface area contributed by atoms with Crippen molar-refractivity contribution in [1.29, 1.82) is 5.41 Å². The fourth-order valence-electron chi connectivity index (χ4n) is 1.54. The van der Waals surface area contributed by atoms with Gasteiger partial charge in [-0.05, 0) is 19.1 Å². The molecule has 4 heteroatoms. The number of nitrogens with one attached hydrogen (secondary N) is 1. The molecule has 0 aliphatic rings. The smallest absolute Gasteiger partial charge is 0.124 e. The first-order valence-corrected chi connectivity index (χ1v) is 4.64. The summed E-state index contributed by atoms with van der Waals surface area (Å²) >= 11 is 0. The molecular weight excluding hydrogens is 188 g/mol. The van der Waals surface area contributed by atoms with E-state index in [0.717, 1.165) is 17.1 Å². The van der Waals surface area contributed by atoms with Crippen LogP contribution in [0.1, 0.15) is 11.4 Å². The van der Waals surface area contributed by atoms with Crippen molar-refractivity contribution in [2.75, 3.05) is 0 Å². The van der Waals surface area contributed by atoms with E-state index < -0.39 is 0 Å². The van der Waals surface area contributed by atoms with E-state index in [9.17, 15) is 0 Å². The van der Waals surface area contributed by atoms with Crippen LogP contribution >= 0.6 is 0 Å². The molecule has 0 aliphatic heterocycles. The van der Waals surface area contributed by atoms with Crippen molar-refractivity contribution in [1.82, 2.24) is 9.55 Å². The Bertz CT molecular complexity index is 499. The normalized spacial score (nSPS) is 10.2. The van der Waals surface area contributed by atoms with Gasteiger partial charge in [0.15, 0.2) is 0 Å². The van der Waals surface area contributed by atoms with Gasteiger partial charge in [0, 0.05) is 18.0 Å². The van der Waals surface area contributed by atoms with Crippen LogP contribution in [0.2, 0.25) is 0 Å². The second kappa shape index (κ2) is 3.57. The minimum atomic E-state index is 0.0682. The number of hydrogen-bond donors (Lipinski definition) is 2. The van der Waals surface area contributed by atoms with E-state index in [0.29, 0.717) is 0 Å². The summed E-state index contributed by atoms with van der Waals surface area (Å²) in [5, 5.41) is 7.49. The number of nitrogen functional groups attached to an aromatic ring is 1. The number of imidazole rings is 1. The van der Waals surface area contributed by atoms with E-state index in [1.165, 1.54) is 0 Å². The fraction of sp³-hybridized carbons (Fsp3) is 0.0909. The second-order valence-electron chi connectivity index (χ2n) is 3.28. The lowest BCUT2D eigenvalue weighted by Gasteiger charge is -2.09. The van der Waals surface area contributed by atoms with Crippen LogP contribution in [0.4, 0.5) is 0 Å². The Morgan fingerprint density at radius 1 is 1.40 bits per heavy atom. The lowest BCUT2D eigenvalue weighted by molar-refractivity contribution is 0.971. The molecule has 2 aromatic rings. The van der Waals surface area contributed by atoms with Crippen molar-refractivity contribution >= 4 is 5.84 Å². The summed E-state index contributed by atoms with van der Waals surface area (Å²) in [6.45, 7) is 1.91. The highest BCUT2D eigenvalue weighted by molar-refractivity contribution is 5.98. The summed E-state index contributed by atoms with van der Waals surface area (Å²) in [6, 6.07) is 7.54. The van der Waals surface area contributed by atoms with Crippen LogP contribution in [0.25, 0.3) is 5.69 Å². The maximum Gasteiger partial charge on any atom is 0.124 e. The Balaban J connectivity index is 2.63. The topological polar surface area (TPSA) is 67.7 Å². The molecule has 15 heavy (non-hydrogen) atoms. The lowest BCUT2D eigenvalue weighted by Crippen LogP contribution is -2.14. The Kier molecular flexibility index (Phi) is 2.25. The Morgan fingerprint density at radius 3 is 2.73 bits per heavy atom. The molecule has 76 valence electrons. The van der Waals surface area contributed by atoms with E-state index in [1.807, 2.05) is 42.0 Å². The molecule has 0 aliphatic carbocycles. The molecule has 0 spiro atoms. The number of para-hydroxylation sites is 1. The van der Waals surface area contributed by atoms with Crippen LogP contribution in [0.5, 0.6) is 0 Å². The van der Waals surface area contributed by atoms with Gasteiger partial charge in [-0.15, -0.1) is 0 Å². The Labute approximate surface area is 87.9 Å². The third kappa shape index (κ3) is 1.61. The molecule has 4 nitrogen and oxygen atoms in total. The van der Waals surface area contributed by atoms with E-state index in [4.69, 9.17) is 11.1 Å². The van der Waals surface area contributed by atoms with Crippen molar-refractivity contribution in [3.63, 3.8) is 0 Å². The number of aryl methyl sites for hydroxylation is 1. The van der Waals surface area contributed by atoms with Crippen LogP contribution in [0.3, 0.4) is 0 Å². The van der Waals surface area contributed by atoms with Crippen LogP contribution in [-0.2, 0) is 0 Å². The average Bonchev–Trinajstić information content (AvgIpc) is 2.64. The van der Waals surface area contributed by atoms with Crippen molar-refractivity contribution in [3.05, 3.63) is 48.0 Å². The summed E-state index contributed by atoms with van der Waals surface area (Å²) in [5.74, 6) is 0.947. The first kappa shape index (κ1) is 9.45.